The summed E-state index contributed by atoms with van der Waals surface area (Å²) in [5.41, 5.74) is 2.85. The molecule has 1 amide bonds. The minimum Gasteiger partial charge on any atom is -0.345 e. The van der Waals surface area contributed by atoms with Crippen molar-refractivity contribution in [2.24, 2.45) is 0 Å². The van der Waals surface area contributed by atoms with Crippen molar-refractivity contribution in [1.29, 1.82) is 0 Å². The highest BCUT2D eigenvalue weighted by atomic mass is 35.5. The van der Waals surface area contributed by atoms with Gasteiger partial charge in [-0.15, -0.1) is 11.8 Å². The van der Waals surface area contributed by atoms with Gasteiger partial charge in [0, 0.05) is 4.90 Å². The van der Waals surface area contributed by atoms with E-state index in [1.165, 1.54) is 5.56 Å². The Morgan fingerprint density at radius 1 is 1.23 bits per heavy atom. The lowest BCUT2D eigenvalue weighted by Crippen LogP contribution is -2.28. The molecule has 1 N–H and O–H groups in total. The molecule has 2 aromatic rings. The zero-order valence-corrected chi connectivity index (χ0v) is 14.6. The van der Waals surface area contributed by atoms with Crippen LogP contribution >= 0.6 is 23.4 Å². The molecule has 0 radical (unpaired) electrons. The van der Waals surface area contributed by atoms with Gasteiger partial charge in [-0.1, -0.05) is 48.4 Å². The number of nitrogens with one attached hydrogen (secondary N) is 1. The van der Waals surface area contributed by atoms with Crippen molar-refractivity contribution in [3.05, 3.63) is 64.2 Å². The molecule has 116 valence electrons. The zero-order chi connectivity index (χ0) is 16.1. The van der Waals surface area contributed by atoms with Gasteiger partial charge >= 0.3 is 0 Å². The van der Waals surface area contributed by atoms with Gasteiger partial charge in [-0.3, -0.25) is 4.79 Å². The number of rotatable bonds is 5. The Labute approximate surface area is 141 Å². The summed E-state index contributed by atoms with van der Waals surface area (Å²) in [5, 5.41) is 3.56. The van der Waals surface area contributed by atoms with Crippen molar-refractivity contribution in [3.63, 3.8) is 0 Å². The van der Waals surface area contributed by atoms with Gasteiger partial charge in [0.2, 0.25) is 0 Å². The van der Waals surface area contributed by atoms with E-state index in [0.29, 0.717) is 10.6 Å². The van der Waals surface area contributed by atoms with Crippen LogP contribution in [0.5, 0.6) is 0 Å². The molecule has 22 heavy (non-hydrogen) atoms. The van der Waals surface area contributed by atoms with Gasteiger partial charge in [0.05, 0.1) is 16.6 Å². The van der Waals surface area contributed by atoms with E-state index < -0.39 is 0 Å². The van der Waals surface area contributed by atoms with Crippen LogP contribution < -0.4 is 5.32 Å². The molecular weight excluding hydrogens is 314 g/mol. The summed E-state index contributed by atoms with van der Waals surface area (Å²) in [4.78, 5) is 13.6. The Bertz CT molecular complexity index is 655. The van der Waals surface area contributed by atoms with Crippen LogP contribution in [-0.2, 0) is 0 Å². The summed E-state index contributed by atoms with van der Waals surface area (Å²) in [7, 11) is 0. The molecule has 0 aliphatic rings. The Kier molecular flexibility index (Phi) is 5.92. The van der Waals surface area contributed by atoms with Crippen molar-refractivity contribution < 1.29 is 4.79 Å². The average molecular weight is 334 g/mol. The Balaban J connectivity index is 2.20. The third kappa shape index (κ3) is 4.05. The van der Waals surface area contributed by atoms with Crippen molar-refractivity contribution in [2.45, 2.75) is 31.2 Å². The number of thioether (sulfide) groups is 1. The fraction of sp³-hybridized carbons (Fsp3) is 0.278. The standard InChI is InChI=1S/C18H20ClNOS/c1-4-17(13-7-5-12(2)6-8-13)20-18(21)15-11-14(22-3)9-10-16(15)19/h5-11,17H,4H2,1-3H3,(H,20,21). The Morgan fingerprint density at radius 2 is 1.91 bits per heavy atom. The molecule has 0 saturated carbocycles. The smallest absolute Gasteiger partial charge is 0.253 e. The monoisotopic (exact) mass is 333 g/mol. The number of hydrogen-bond acceptors (Lipinski definition) is 2. The molecule has 0 heterocycles. The summed E-state index contributed by atoms with van der Waals surface area (Å²) in [6.45, 7) is 4.11. The van der Waals surface area contributed by atoms with Crippen molar-refractivity contribution in [3.8, 4) is 0 Å². The van der Waals surface area contributed by atoms with E-state index in [2.05, 4.69) is 43.4 Å². The molecule has 0 aromatic heterocycles. The first-order chi connectivity index (χ1) is 10.5. The molecule has 1 unspecified atom stereocenters. The molecule has 1 atom stereocenters. The van der Waals surface area contributed by atoms with E-state index >= 15 is 0 Å². The second kappa shape index (κ2) is 7.70. The zero-order valence-electron chi connectivity index (χ0n) is 13.0. The Hall–Kier alpha value is -1.45. The van der Waals surface area contributed by atoms with Gasteiger partial charge < -0.3 is 5.32 Å². The third-order valence-corrected chi connectivity index (χ3v) is 4.67. The van der Waals surface area contributed by atoms with Crippen LogP contribution in [0.25, 0.3) is 0 Å². The lowest BCUT2D eigenvalue weighted by atomic mass is 10.0. The van der Waals surface area contributed by atoms with Crippen LogP contribution in [0.3, 0.4) is 0 Å². The highest BCUT2D eigenvalue weighted by Gasteiger charge is 2.16. The highest BCUT2D eigenvalue weighted by Crippen LogP contribution is 2.24. The molecule has 0 aliphatic carbocycles. The molecule has 2 rings (SSSR count). The van der Waals surface area contributed by atoms with Crippen molar-refractivity contribution in [1.82, 2.24) is 5.32 Å². The lowest BCUT2D eigenvalue weighted by Gasteiger charge is -2.18. The first kappa shape index (κ1) is 16.9. The summed E-state index contributed by atoms with van der Waals surface area (Å²) in [6, 6.07) is 13.8. The van der Waals surface area contributed by atoms with Crippen LogP contribution in [0.15, 0.2) is 47.4 Å². The quantitative estimate of drug-likeness (QED) is 0.757. The van der Waals surface area contributed by atoms with Gasteiger partial charge in [0.25, 0.3) is 5.91 Å². The van der Waals surface area contributed by atoms with Gasteiger partial charge in [-0.2, -0.15) is 0 Å². The van der Waals surface area contributed by atoms with E-state index in [0.717, 1.165) is 16.9 Å². The van der Waals surface area contributed by atoms with E-state index in [-0.39, 0.29) is 11.9 Å². The number of carbonyl (C=O) groups is 1. The SMILES string of the molecule is CCC(NC(=O)c1cc(SC)ccc1Cl)c1ccc(C)cc1. The molecule has 2 nitrogen and oxygen atoms in total. The fourth-order valence-corrected chi connectivity index (χ4v) is 2.90. The van der Waals surface area contributed by atoms with Crippen LogP contribution in [-0.4, -0.2) is 12.2 Å². The van der Waals surface area contributed by atoms with Gasteiger partial charge in [0.15, 0.2) is 0 Å². The largest absolute Gasteiger partial charge is 0.345 e. The maximum Gasteiger partial charge on any atom is 0.253 e. The maximum absolute atomic E-state index is 12.5. The van der Waals surface area contributed by atoms with E-state index in [1.807, 2.05) is 18.4 Å². The molecule has 4 heteroatoms. The molecule has 0 spiro atoms. The van der Waals surface area contributed by atoms with Crippen LogP contribution in [0.1, 0.15) is 40.9 Å². The highest BCUT2D eigenvalue weighted by molar-refractivity contribution is 7.98. The summed E-state index contributed by atoms with van der Waals surface area (Å²) >= 11 is 7.76. The van der Waals surface area contributed by atoms with Gasteiger partial charge in [0.1, 0.15) is 0 Å². The van der Waals surface area contributed by atoms with Crippen LogP contribution in [0, 0.1) is 6.92 Å². The molecule has 0 bridgehead atoms. The Morgan fingerprint density at radius 3 is 2.50 bits per heavy atom. The second-order valence-electron chi connectivity index (χ2n) is 5.19. The maximum atomic E-state index is 12.5. The van der Waals surface area contributed by atoms with Gasteiger partial charge in [-0.25, -0.2) is 0 Å². The second-order valence-corrected chi connectivity index (χ2v) is 6.48. The normalized spacial score (nSPS) is 12.0. The number of aryl methyl sites for hydroxylation is 1. The molecular formula is C18H20ClNOS. The van der Waals surface area contributed by atoms with Crippen molar-refractivity contribution in [2.75, 3.05) is 6.26 Å². The summed E-state index contributed by atoms with van der Waals surface area (Å²) < 4.78 is 0. The number of halogens is 1. The number of carbonyl (C=O) groups excluding carboxylic acids is 1. The fourth-order valence-electron chi connectivity index (χ4n) is 2.26. The lowest BCUT2D eigenvalue weighted by molar-refractivity contribution is 0.0935. The summed E-state index contributed by atoms with van der Waals surface area (Å²) in [6.07, 6.45) is 2.81. The minimum atomic E-state index is -0.131. The molecule has 0 fully saturated rings. The number of benzene rings is 2. The van der Waals surface area contributed by atoms with E-state index in [1.54, 1.807) is 17.8 Å². The van der Waals surface area contributed by atoms with Gasteiger partial charge in [-0.05, 0) is 43.4 Å². The minimum absolute atomic E-state index is 0.0119. The summed E-state index contributed by atoms with van der Waals surface area (Å²) in [5.74, 6) is -0.131. The van der Waals surface area contributed by atoms with E-state index in [4.69, 9.17) is 11.6 Å². The predicted molar refractivity (Wildman–Crippen MR) is 94.9 cm³/mol. The third-order valence-electron chi connectivity index (χ3n) is 3.61. The molecule has 2 aromatic carbocycles. The van der Waals surface area contributed by atoms with Crippen molar-refractivity contribution >= 4 is 29.3 Å². The number of hydrogen-bond donors (Lipinski definition) is 1. The predicted octanol–water partition coefficient (Wildman–Crippen LogP) is 5.25. The average Bonchev–Trinajstić information content (AvgIpc) is 2.53. The first-order valence-corrected chi connectivity index (χ1v) is 8.86. The topological polar surface area (TPSA) is 29.1 Å². The van der Waals surface area contributed by atoms with E-state index in [9.17, 15) is 4.79 Å². The number of amides is 1. The van der Waals surface area contributed by atoms with Crippen LogP contribution in [0.2, 0.25) is 5.02 Å². The first-order valence-electron chi connectivity index (χ1n) is 7.26. The molecule has 0 saturated heterocycles. The van der Waals surface area contributed by atoms with Crippen LogP contribution in [0.4, 0.5) is 0 Å². The molecule has 0 aliphatic heterocycles.